The molecular weight excluding hydrogens is 200 g/mol. The average Bonchev–Trinajstić information content (AvgIpc) is 2.14. The van der Waals surface area contributed by atoms with Gasteiger partial charge in [-0.3, -0.25) is 0 Å². The molecule has 0 radical (unpaired) electrons. The Bertz CT molecular complexity index is 391. The van der Waals surface area contributed by atoms with Crippen LogP contribution in [-0.2, 0) is 4.74 Å². The summed E-state index contributed by atoms with van der Waals surface area (Å²) >= 11 is 0. The van der Waals surface area contributed by atoms with Gasteiger partial charge in [0.15, 0.2) is 0 Å². The van der Waals surface area contributed by atoms with E-state index in [9.17, 15) is 0 Å². The predicted molar refractivity (Wildman–Crippen MR) is 63.8 cm³/mol. The Kier molecular flexibility index (Phi) is 2.18. The molecule has 2 aliphatic rings. The maximum absolute atomic E-state index is 5.28. The van der Waals surface area contributed by atoms with Gasteiger partial charge in [0.2, 0.25) is 0 Å². The van der Waals surface area contributed by atoms with E-state index in [0.29, 0.717) is 11.3 Å². The fraction of sp³-hybridized carbons (Fsp3) is 0.615. The van der Waals surface area contributed by atoms with E-state index in [1.165, 1.54) is 5.56 Å². The lowest BCUT2D eigenvalue weighted by atomic mass is 9.78. The van der Waals surface area contributed by atoms with Crippen LogP contribution in [0.2, 0.25) is 0 Å². The Labute approximate surface area is 96.4 Å². The molecule has 0 aromatic carbocycles. The molecule has 0 N–H and O–H groups in total. The summed E-state index contributed by atoms with van der Waals surface area (Å²) in [5.74, 6) is 1.70. The maximum atomic E-state index is 5.28. The van der Waals surface area contributed by atoms with E-state index in [2.05, 4.69) is 35.9 Å². The van der Waals surface area contributed by atoms with E-state index < -0.39 is 0 Å². The zero-order chi connectivity index (χ0) is 11.2. The van der Waals surface area contributed by atoms with Crippen molar-refractivity contribution in [3.63, 3.8) is 0 Å². The molecule has 0 aliphatic carbocycles. The molecule has 3 nitrogen and oxygen atoms in total. The monoisotopic (exact) mass is 218 g/mol. The second-order valence-corrected chi connectivity index (χ2v) is 5.45. The third-order valence-electron chi connectivity index (χ3n) is 3.63. The van der Waals surface area contributed by atoms with Gasteiger partial charge in [0, 0.05) is 19.3 Å². The zero-order valence-electron chi connectivity index (χ0n) is 9.94. The number of pyridine rings is 1. The van der Waals surface area contributed by atoms with Crippen molar-refractivity contribution in [2.24, 2.45) is 5.41 Å². The first-order valence-electron chi connectivity index (χ1n) is 5.97. The van der Waals surface area contributed by atoms with Gasteiger partial charge in [-0.05, 0) is 23.6 Å². The van der Waals surface area contributed by atoms with Gasteiger partial charge in [0.05, 0.1) is 18.6 Å². The Morgan fingerprint density at radius 3 is 2.69 bits per heavy atom. The first kappa shape index (κ1) is 10.1. The minimum absolute atomic E-state index is 0.468. The molecule has 2 saturated heterocycles. The normalized spacial score (nSPS) is 22.1. The highest BCUT2D eigenvalue weighted by Crippen LogP contribution is 2.39. The quantitative estimate of drug-likeness (QED) is 0.759. The van der Waals surface area contributed by atoms with Crippen molar-refractivity contribution in [2.45, 2.75) is 19.8 Å². The van der Waals surface area contributed by atoms with Crippen molar-refractivity contribution in [1.82, 2.24) is 4.98 Å². The smallest absolute Gasteiger partial charge is 0.128 e. The summed E-state index contributed by atoms with van der Waals surface area (Å²) in [6.07, 6.45) is 1.92. The van der Waals surface area contributed by atoms with E-state index in [1.54, 1.807) is 0 Å². The van der Waals surface area contributed by atoms with Gasteiger partial charge in [-0.15, -0.1) is 0 Å². The van der Waals surface area contributed by atoms with Crippen LogP contribution in [0.15, 0.2) is 18.3 Å². The molecule has 0 amide bonds. The molecular formula is C13H18N2O. The first-order chi connectivity index (χ1) is 7.69. The lowest BCUT2D eigenvalue weighted by Crippen LogP contribution is -2.66. The number of nitrogens with zero attached hydrogens (tertiary/aromatic N) is 2. The van der Waals surface area contributed by atoms with Gasteiger partial charge in [-0.25, -0.2) is 4.98 Å². The molecule has 0 unspecified atom stereocenters. The molecule has 1 spiro atoms. The van der Waals surface area contributed by atoms with E-state index in [1.807, 2.05) is 6.20 Å². The standard InChI is InChI=1S/C13H18N2O/c1-10(2)11-3-4-14-12(5-11)15-6-13(7-15)8-16-9-13/h3-5,10H,6-9H2,1-2H3. The molecule has 86 valence electrons. The molecule has 1 aromatic rings. The van der Waals surface area contributed by atoms with Gasteiger partial charge in [-0.2, -0.15) is 0 Å². The molecule has 0 saturated carbocycles. The highest BCUT2D eigenvalue weighted by atomic mass is 16.5. The largest absolute Gasteiger partial charge is 0.380 e. The second kappa shape index (κ2) is 3.45. The van der Waals surface area contributed by atoms with Crippen molar-refractivity contribution in [3.05, 3.63) is 23.9 Å². The fourth-order valence-electron chi connectivity index (χ4n) is 2.46. The summed E-state index contributed by atoms with van der Waals surface area (Å²) in [5, 5.41) is 0. The number of aromatic nitrogens is 1. The molecule has 0 atom stereocenters. The minimum Gasteiger partial charge on any atom is -0.380 e. The molecule has 2 aliphatic heterocycles. The van der Waals surface area contributed by atoms with Crippen molar-refractivity contribution in [2.75, 3.05) is 31.2 Å². The maximum Gasteiger partial charge on any atom is 0.128 e. The molecule has 16 heavy (non-hydrogen) atoms. The molecule has 0 bridgehead atoms. The molecule has 3 rings (SSSR count). The van der Waals surface area contributed by atoms with Gasteiger partial charge in [0.1, 0.15) is 5.82 Å². The number of anilines is 1. The van der Waals surface area contributed by atoms with Gasteiger partial charge in [-0.1, -0.05) is 13.8 Å². The van der Waals surface area contributed by atoms with Crippen molar-refractivity contribution in [1.29, 1.82) is 0 Å². The third-order valence-corrected chi connectivity index (χ3v) is 3.63. The van der Waals surface area contributed by atoms with Crippen LogP contribution in [0.25, 0.3) is 0 Å². The van der Waals surface area contributed by atoms with E-state index in [0.717, 1.165) is 32.1 Å². The van der Waals surface area contributed by atoms with Gasteiger partial charge < -0.3 is 9.64 Å². The SMILES string of the molecule is CC(C)c1ccnc(N2CC3(COC3)C2)c1. The highest BCUT2D eigenvalue weighted by Gasteiger charge is 2.49. The van der Waals surface area contributed by atoms with E-state index >= 15 is 0 Å². The summed E-state index contributed by atoms with van der Waals surface area (Å²) in [6.45, 7) is 8.54. The Balaban J connectivity index is 1.73. The van der Waals surface area contributed by atoms with Crippen LogP contribution in [0.1, 0.15) is 25.3 Å². The van der Waals surface area contributed by atoms with Gasteiger partial charge in [0.25, 0.3) is 0 Å². The summed E-state index contributed by atoms with van der Waals surface area (Å²) < 4.78 is 5.28. The Hall–Kier alpha value is -1.09. The average molecular weight is 218 g/mol. The molecule has 2 fully saturated rings. The number of hydrogen-bond donors (Lipinski definition) is 0. The third kappa shape index (κ3) is 1.50. The molecule has 3 heterocycles. The highest BCUT2D eigenvalue weighted by molar-refractivity contribution is 5.46. The van der Waals surface area contributed by atoms with Gasteiger partial charge >= 0.3 is 0 Å². The van der Waals surface area contributed by atoms with E-state index in [4.69, 9.17) is 4.74 Å². The lowest BCUT2D eigenvalue weighted by molar-refractivity contribution is -0.127. The fourth-order valence-corrected chi connectivity index (χ4v) is 2.46. The van der Waals surface area contributed by atoms with Crippen LogP contribution < -0.4 is 4.90 Å². The Morgan fingerprint density at radius 1 is 1.38 bits per heavy atom. The van der Waals surface area contributed by atoms with Crippen LogP contribution in [-0.4, -0.2) is 31.3 Å². The van der Waals surface area contributed by atoms with Crippen LogP contribution in [0.4, 0.5) is 5.82 Å². The van der Waals surface area contributed by atoms with Crippen molar-refractivity contribution < 1.29 is 4.74 Å². The van der Waals surface area contributed by atoms with Crippen molar-refractivity contribution >= 4 is 5.82 Å². The zero-order valence-corrected chi connectivity index (χ0v) is 9.94. The lowest BCUT2D eigenvalue weighted by Gasteiger charge is -2.55. The topological polar surface area (TPSA) is 25.4 Å². The number of hydrogen-bond acceptors (Lipinski definition) is 3. The van der Waals surface area contributed by atoms with Crippen LogP contribution in [0.5, 0.6) is 0 Å². The summed E-state index contributed by atoms with van der Waals surface area (Å²) in [6, 6.07) is 4.33. The second-order valence-electron chi connectivity index (χ2n) is 5.45. The Morgan fingerprint density at radius 2 is 2.12 bits per heavy atom. The summed E-state index contributed by atoms with van der Waals surface area (Å²) in [4.78, 5) is 6.81. The predicted octanol–water partition coefficient (Wildman–Crippen LogP) is 2.04. The summed E-state index contributed by atoms with van der Waals surface area (Å²) in [5.41, 5.74) is 1.84. The number of rotatable bonds is 2. The van der Waals surface area contributed by atoms with Crippen LogP contribution in [0.3, 0.4) is 0 Å². The molecule has 1 aromatic heterocycles. The minimum atomic E-state index is 0.468. The van der Waals surface area contributed by atoms with Crippen LogP contribution in [0, 0.1) is 5.41 Å². The van der Waals surface area contributed by atoms with Crippen molar-refractivity contribution in [3.8, 4) is 0 Å². The van der Waals surface area contributed by atoms with E-state index in [-0.39, 0.29) is 0 Å². The number of ether oxygens (including phenoxy) is 1. The molecule has 3 heteroatoms. The first-order valence-corrected chi connectivity index (χ1v) is 5.97. The van der Waals surface area contributed by atoms with Crippen LogP contribution >= 0.6 is 0 Å². The summed E-state index contributed by atoms with van der Waals surface area (Å²) in [7, 11) is 0.